The third-order valence-electron chi connectivity index (χ3n) is 5.12. The normalized spacial score (nSPS) is 20.6. The van der Waals surface area contributed by atoms with Gasteiger partial charge in [-0.1, -0.05) is 24.3 Å². The van der Waals surface area contributed by atoms with Crippen LogP contribution in [0.25, 0.3) is 0 Å². The molecule has 0 radical (unpaired) electrons. The molecule has 1 aromatic heterocycles. The quantitative estimate of drug-likeness (QED) is 0.865. The lowest BCUT2D eigenvalue weighted by molar-refractivity contribution is 0.0736. The molecule has 4 nitrogen and oxygen atoms in total. The van der Waals surface area contributed by atoms with E-state index in [0.717, 1.165) is 43.9 Å². The summed E-state index contributed by atoms with van der Waals surface area (Å²) in [5.74, 6) is 1.21. The Labute approximate surface area is 143 Å². The molecule has 0 bridgehead atoms. The highest BCUT2D eigenvalue weighted by Gasteiger charge is 2.33. The number of likely N-dealkylation sites (tertiary alicyclic amines) is 1. The fraction of sp³-hybridized carbons (Fsp3) is 0.400. The van der Waals surface area contributed by atoms with Gasteiger partial charge in [-0.05, 0) is 43.9 Å². The van der Waals surface area contributed by atoms with Gasteiger partial charge in [0, 0.05) is 37.0 Å². The van der Waals surface area contributed by atoms with Crippen molar-refractivity contribution in [3.05, 3.63) is 59.8 Å². The number of hydrogen-bond acceptors (Lipinski definition) is 3. The summed E-state index contributed by atoms with van der Waals surface area (Å²) in [6.07, 6.45) is 6.40. The van der Waals surface area contributed by atoms with E-state index < -0.39 is 0 Å². The number of aromatic nitrogens is 1. The Hall–Kier alpha value is -2.36. The third kappa shape index (κ3) is 2.77. The fourth-order valence-electron chi connectivity index (χ4n) is 3.94. The predicted molar refractivity (Wildman–Crippen MR) is 95.1 cm³/mol. The Kier molecular flexibility index (Phi) is 4.20. The first-order valence-corrected chi connectivity index (χ1v) is 8.90. The maximum Gasteiger partial charge on any atom is 0.254 e. The summed E-state index contributed by atoms with van der Waals surface area (Å²) in [5, 5.41) is 0. The summed E-state index contributed by atoms with van der Waals surface area (Å²) in [6, 6.07) is 13.9. The van der Waals surface area contributed by atoms with Crippen molar-refractivity contribution in [3.8, 4) is 0 Å². The van der Waals surface area contributed by atoms with E-state index in [0.29, 0.717) is 0 Å². The second-order valence-electron chi connectivity index (χ2n) is 6.63. The minimum absolute atomic E-state index is 0.134. The minimum atomic E-state index is 0.134. The largest absolute Gasteiger partial charge is 0.356 e. The van der Waals surface area contributed by atoms with Crippen LogP contribution >= 0.6 is 0 Å². The number of anilines is 1. The van der Waals surface area contributed by atoms with Crippen molar-refractivity contribution >= 4 is 11.7 Å². The zero-order valence-electron chi connectivity index (χ0n) is 13.9. The van der Waals surface area contributed by atoms with E-state index in [2.05, 4.69) is 16.0 Å². The van der Waals surface area contributed by atoms with Gasteiger partial charge in [0.05, 0.1) is 6.04 Å². The van der Waals surface area contributed by atoms with Crippen molar-refractivity contribution in [3.63, 3.8) is 0 Å². The van der Waals surface area contributed by atoms with Crippen LogP contribution in [0.4, 0.5) is 5.82 Å². The lowest BCUT2D eigenvalue weighted by atomic mass is 10.0. The van der Waals surface area contributed by atoms with Gasteiger partial charge in [0.25, 0.3) is 5.91 Å². The van der Waals surface area contributed by atoms with Gasteiger partial charge in [-0.3, -0.25) is 4.79 Å². The Morgan fingerprint density at radius 3 is 2.54 bits per heavy atom. The number of rotatable bonds is 3. The molecule has 1 aromatic carbocycles. The average molecular weight is 321 g/mol. The number of carbonyl (C=O) groups is 1. The molecule has 2 aromatic rings. The Bertz CT molecular complexity index is 710. The molecule has 24 heavy (non-hydrogen) atoms. The van der Waals surface area contributed by atoms with E-state index >= 15 is 0 Å². The zero-order valence-corrected chi connectivity index (χ0v) is 13.9. The summed E-state index contributed by atoms with van der Waals surface area (Å²) in [5.41, 5.74) is 1.98. The smallest absolute Gasteiger partial charge is 0.254 e. The second-order valence-corrected chi connectivity index (χ2v) is 6.63. The van der Waals surface area contributed by atoms with E-state index in [4.69, 9.17) is 0 Å². The fourth-order valence-corrected chi connectivity index (χ4v) is 3.94. The molecule has 0 spiro atoms. The Morgan fingerprint density at radius 2 is 1.75 bits per heavy atom. The molecule has 4 rings (SSSR count). The van der Waals surface area contributed by atoms with Crippen LogP contribution in [0.2, 0.25) is 0 Å². The summed E-state index contributed by atoms with van der Waals surface area (Å²) < 4.78 is 0. The molecular weight excluding hydrogens is 298 g/mol. The SMILES string of the molecule is O=C(c1ccccc1)N1CCC[C@@H]1c1cccnc1N1CCCC1. The lowest BCUT2D eigenvalue weighted by Gasteiger charge is -2.29. The van der Waals surface area contributed by atoms with Crippen molar-refractivity contribution in [2.24, 2.45) is 0 Å². The van der Waals surface area contributed by atoms with Gasteiger partial charge >= 0.3 is 0 Å². The number of amides is 1. The van der Waals surface area contributed by atoms with Gasteiger partial charge in [-0.2, -0.15) is 0 Å². The molecule has 0 unspecified atom stereocenters. The number of hydrogen-bond donors (Lipinski definition) is 0. The van der Waals surface area contributed by atoms with Crippen molar-refractivity contribution in [2.45, 2.75) is 31.7 Å². The van der Waals surface area contributed by atoms with E-state index in [-0.39, 0.29) is 11.9 Å². The van der Waals surface area contributed by atoms with E-state index in [1.807, 2.05) is 47.5 Å². The predicted octanol–water partition coefficient (Wildman–Crippen LogP) is 3.66. The highest BCUT2D eigenvalue weighted by Crippen LogP contribution is 2.37. The third-order valence-corrected chi connectivity index (χ3v) is 5.12. The van der Waals surface area contributed by atoms with Crippen LogP contribution in [0.5, 0.6) is 0 Å². The molecule has 0 saturated carbocycles. The summed E-state index contributed by atoms with van der Waals surface area (Å²) in [4.78, 5) is 22.0. The first-order chi connectivity index (χ1) is 11.8. The maximum absolute atomic E-state index is 13.0. The molecule has 2 saturated heterocycles. The molecule has 4 heteroatoms. The van der Waals surface area contributed by atoms with Crippen molar-refractivity contribution < 1.29 is 4.79 Å². The first kappa shape index (κ1) is 15.2. The van der Waals surface area contributed by atoms with Gasteiger partial charge in [0.1, 0.15) is 5.82 Å². The number of carbonyl (C=O) groups excluding carboxylic acids is 1. The second kappa shape index (κ2) is 6.63. The molecule has 124 valence electrons. The Balaban J connectivity index is 1.65. The van der Waals surface area contributed by atoms with Crippen LogP contribution in [0.3, 0.4) is 0 Å². The molecule has 3 heterocycles. The van der Waals surface area contributed by atoms with Gasteiger partial charge < -0.3 is 9.80 Å². The van der Waals surface area contributed by atoms with Gasteiger partial charge in [-0.25, -0.2) is 4.98 Å². The number of benzene rings is 1. The van der Waals surface area contributed by atoms with E-state index in [1.165, 1.54) is 18.4 Å². The van der Waals surface area contributed by atoms with Crippen LogP contribution in [-0.2, 0) is 0 Å². The molecule has 0 aliphatic carbocycles. The van der Waals surface area contributed by atoms with Crippen LogP contribution in [0, 0.1) is 0 Å². The van der Waals surface area contributed by atoms with E-state index in [9.17, 15) is 4.79 Å². The van der Waals surface area contributed by atoms with Crippen molar-refractivity contribution in [1.82, 2.24) is 9.88 Å². The maximum atomic E-state index is 13.0. The van der Waals surface area contributed by atoms with Crippen molar-refractivity contribution in [2.75, 3.05) is 24.5 Å². The van der Waals surface area contributed by atoms with Gasteiger partial charge in [-0.15, -0.1) is 0 Å². The molecule has 2 aliphatic heterocycles. The molecule has 1 amide bonds. The van der Waals surface area contributed by atoms with Crippen LogP contribution in [-0.4, -0.2) is 35.4 Å². The minimum Gasteiger partial charge on any atom is -0.356 e. The molecular formula is C20H23N3O. The topological polar surface area (TPSA) is 36.4 Å². The number of nitrogens with zero attached hydrogens (tertiary/aromatic N) is 3. The molecule has 1 atom stereocenters. The average Bonchev–Trinajstić information content (AvgIpc) is 3.33. The van der Waals surface area contributed by atoms with Gasteiger partial charge in [0.15, 0.2) is 0 Å². The summed E-state index contributed by atoms with van der Waals surface area (Å²) in [6.45, 7) is 2.97. The molecule has 0 N–H and O–H groups in total. The monoisotopic (exact) mass is 321 g/mol. The number of pyridine rings is 1. The first-order valence-electron chi connectivity index (χ1n) is 8.90. The lowest BCUT2D eigenvalue weighted by Crippen LogP contribution is -2.32. The van der Waals surface area contributed by atoms with Crippen LogP contribution < -0.4 is 4.90 Å². The summed E-state index contributed by atoms with van der Waals surface area (Å²) in [7, 11) is 0. The standard InChI is InChI=1S/C20H23N3O/c24-20(16-8-2-1-3-9-16)23-15-7-11-18(23)17-10-6-12-21-19(17)22-13-4-5-14-22/h1-3,6,8-10,12,18H,4-5,7,11,13-15H2/t18-/m1/s1. The van der Waals surface area contributed by atoms with Crippen LogP contribution in [0.15, 0.2) is 48.7 Å². The van der Waals surface area contributed by atoms with Gasteiger partial charge in [0.2, 0.25) is 0 Å². The van der Waals surface area contributed by atoms with Crippen molar-refractivity contribution in [1.29, 1.82) is 0 Å². The highest BCUT2D eigenvalue weighted by molar-refractivity contribution is 5.94. The van der Waals surface area contributed by atoms with E-state index in [1.54, 1.807) is 0 Å². The molecule has 2 aliphatic rings. The Morgan fingerprint density at radius 1 is 0.958 bits per heavy atom. The summed E-state index contributed by atoms with van der Waals surface area (Å²) >= 11 is 0. The highest BCUT2D eigenvalue weighted by atomic mass is 16.2. The molecule has 2 fully saturated rings. The van der Waals surface area contributed by atoms with Crippen LogP contribution in [0.1, 0.15) is 47.6 Å². The zero-order chi connectivity index (χ0) is 16.4.